The predicted octanol–water partition coefficient (Wildman–Crippen LogP) is 1.22. The Morgan fingerprint density at radius 1 is 1.39 bits per heavy atom. The zero-order valence-corrected chi connectivity index (χ0v) is 11.1. The van der Waals surface area contributed by atoms with Gasteiger partial charge in [-0.3, -0.25) is 9.59 Å². The SMILES string of the molecule is CCC(CCN)CCC(=O)N(CC(=O)O)C1CC1. The molecule has 0 aliphatic heterocycles. The average molecular weight is 256 g/mol. The molecule has 0 bridgehead atoms. The molecule has 0 aromatic heterocycles. The Hall–Kier alpha value is -1.10. The van der Waals surface area contributed by atoms with Crippen LogP contribution in [0.4, 0.5) is 0 Å². The van der Waals surface area contributed by atoms with Gasteiger partial charge in [-0.2, -0.15) is 0 Å². The minimum atomic E-state index is -0.927. The van der Waals surface area contributed by atoms with E-state index in [1.165, 1.54) is 4.90 Å². The topological polar surface area (TPSA) is 83.6 Å². The van der Waals surface area contributed by atoms with E-state index < -0.39 is 5.97 Å². The lowest BCUT2D eigenvalue weighted by Gasteiger charge is -2.21. The lowest BCUT2D eigenvalue weighted by Crippen LogP contribution is -2.37. The Morgan fingerprint density at radius 3 is 2.50 bits per heavy atom. The van der Waals surface area contributed by atoms with E-state index in [4.69, 9.17) is 10.8 Å². The maximum absolute atomic E-state index is 12.0. The highest BCUT2D eigenvalue weighted by atomic mass is 16.4. The van der Waals surface area contributed by atoms with Crippen molar-refractivity contribution in [1.82, 2.24) is 4.90 Å². The molecule has 1 unspecified atom stereocenters. The van der Waals surface area contributed by atoms with Crippen LogP contribution in [-0.2, 0) is 9.59 Å². The summed E-state index contributed by atoms with van der Waals surface area (Å²) >= 11 is 0. The van der Waals surface area contributed by atoms with Crippen molar-refractivity contribution in [3.05, 3.63) is 0 Å². The lowest BCUT2D eigenvalue weighted by atomic mass is 9.96. The van der Waals surface area contributed by atoms with Crippen LogP contribution in [0.15, 0.2) is 0 Å². The quantitative estimate of drug-likeness (QED) is 0.649. The van der Waals surface area contributed by atoms with E-state index in [0.29, 0.717) is 18.9 Å². The molecule has 0 saturated heterocycles. The maximum atomic E-state index is 12.0. The Kier molecular flexibility index (Phi) is 6.12. The number of carbonyl (C=O) groups excluding carboxylic acids is 1. The number of nitrogens with zero attached hydrogens (tertiary/aromatic N) is 1. The van der Waals surface area contributed by atoms with Gasteiger partial charge in [0.05, 0.1) is 0 Å². The first-order valence-corrected chi connectivity index (χ1v) is 6.79. The number of amides is 1. The summed E-state index contributed by atoms with van der Waals surface area (Å²) in [5.41, 5.74) is 5.52. The molecule has 0 aromatic carbocycles. The largest absolute Gasteiger partial charge is 0.480 e. The molecule has 1 fully saturated rings. The zero-order chi connectivity index (χ0) is 13.5. The first kappa shape index (κ1) is 15.0. The molecule has 104 valence electrons. The van der Waals surface area contributed by atoms with Gasteiger partial charge in [0, 0.05) is 12.5 Å². The van der Waals surface area contributed by atoms with Gasteiger partial charge >= 0.3 is 5.97 Å². The van der Waals surface area contributed by atoms with Crippen LogP contribution < -0.4 is 5.73 Å². The average Bonchev–Trinajstić information content (AvgIpc) is 3.14. The van der Waals surface area contributed by atoms with Gasteiger partial charge in [-0.1, -0.05) is 13.3 Å². The van der Waals surface area contributed by atoms with Crippen molar-refractivity contribution in [2.75, 3.05) is 13.1 Å². The van der Waals surface area contributed by atoms with Crippen molar-refractivity contribution in [2.24, 2.45) is 11.7 Å². The van der Waals surface area contributed by atoms with Crippen LogP contribution in [0.2, 0.25) is 0 Å². The third kappa shape index (κ3) is 5.04. The van der Waals surface area contributed by atoms with Crippen LogP contribution in [0.3, 0.4) is 0 Å². The number of carbonyl (C=O) groups is 2. The number of rotatable bonds is 9. The van der Waals surface area contributed by atoms with Gasteiger partial charge in [-0.15, -0.1) is 0 Å². The highest BCUT2D eigenvalue weighted by Crippen LogP contribution is 2.28. The van der Waals surface area contributed by atoms with E-state index in [1.54, 1.807) is 0 Å². The summed E-state index contributed by atoms with van der Waals surface area (Å²) < 4.78 is 0. The van der Waals surface area contributed by atoms with Crippen molar-refractivity contribution >= 4 is 11.9 Å². The van der Waals surface area contributed by atoms with Gasteiger partial charge in [0.2, 0.25) is 5.91 Å². The molecule has 1 atom stereocenters. The fraction of sp³-hybridized carbons (Fsp3) is 0.846. The lowest BCUT2D eigenvalue weighted by molar-refractivity contribution is -0.145. The van der Waals surface area contributed by atoms with Gasteiger partial charge in [0.1, 0.15) is 6.54 Å². The standard InChI is InChI=1S/C13H24N2O3/c1-2-10(7-8-14)3-6-12(16)15(9-13(17)18)11-4-5-11/h10-11H,2-9,14H2,1H3,(H,17,18). The van der Waals surface area contributed by atoms with Crippen LogP contribution >= 0.6 is 0 Å². The second-order valence-corrected chi connectivity index (χ2v) is 5.04. The Labute approximate surface area is 108 Å². The van der Waals surface area contributed by atoms with E-state index >= 15 is 0 Å². The van der Waals surface area contributed by atoms with E-state index in [9.17, 15) is 9.59 Å². The summed E-state index contributed by atoms with van der Waals surface area (Å²) in [5, 5.41) is 8.81. The molecule has 1 amide bonds. The Bertz CT molecular complexity index is 290. The molecule has 1 saturated carbocycles. The minimum Gasteiger partial charge on any atom is -0.480 e. The van der Waals surface area contributed by atoms with Crippen LogP contribution in [0, 0.1) is 5.92 Å². The first-order chi connectivity index (χ1) is 8.58. The highest BCUT2D eigenvalue weighted by molar-refractivity contribution is 5.81. The van der Waals surface area contributed by atoms with Gasteiger partial charge < -0.3 is 15.7 Å². The van der Waals surface area contributed by atoms with Crippen molar-refractivity contribution in [2.45, 2.75) is 51.5 Å². The normalized spacial score (nSPS) is 16.3. The maximum Gasteiger partial charge on any atom is 0.323 e. The summed E-state index contributed by atoms with van der Waals surface area (Å²) in [4.78, 5) is 24.3. The second kappa shape index (κ2) is 7.36. The molecule has 1 rings (SSSR count). The molecule has 5 nitrogen and oxygen atoms in total. The van der Waals surface area contributed by atoms with Gasteiger partial charge in [-0.25, -0.2) is 0 Å². The van der Waals surface area contributed by atoms with Crippen LogP contribution in [0.1, 0.15) is 45.4 Å². The number of hydrogen-bond acceptors (Lipinski definition) is 3. The summed E-state index contributed by atoms with van der Waals surface area (Å²) in [7, 11) is 0. The van der Waals surface area contributed by atoms with E-state index in [0.717, 1.165) is 32.1 Å². The second-order valence-electron chi connectivity index (χ2n) is 5.04. The van der Waals surface area contributed by atoms with Gasteiger partial charge in [-0.05, 0) is 38.1 Å². The molecule has 0 aromatic rings. The van der Waals surface area contributed by atoms with Crippen LogP contribution in [0.25, 0.3) is 0 Å². The predicted molar refractivity (Wildman–Crippen MR) is 69.1 cm³/mol. The molecular weight excluding hydrogens is 232 g/mol. The Morgan fingerprint density at radius 2 is 2.06 bits per heavy atom. The molecule has 0 radical (unpaired) electrons. The van der Waals surface area contributed by atoms with Gasteiger partial charge in [0.15, 0.2) is 0 Å². The van der Waals surface area contributed by atoms with Crippen LogP contribution in [-0.4, -0.2) is 41.0 Å². The first-order valence-electron chi connectivity index (χ1n) is 6.79. The highest BCUT2D eigenvalue weighted by Gasteiger charge is 2.33. The number of aliphatic carboxylic acids is 1. The summed E-state index contributed by atoms with van der Waals surface area (Å²) in [5.74, 6) is -0.468. The van der Waals surface area contributed by atoms with E-state index in [2.05, 4.69) is 6.92 Å². The van der Waals surface area contributed by atoms with E-state index in [-0.39, 0.29) is 18.5 Å². The van der Waals surface area contributed by atoms with E-state index in [1.807, 2.05) is 0 Å². The summed E-state index contributed by atoms with van der Waals surface area (Å²) in [6.07, 6.45) is 5.11. The number of carboxylic acid groups (broad SMARTS) is 1. The van der Waals surface area contributed by atoms with Crippen molar-refractivity contribution in [1.29, 1.82) is 0 Å². The number of hydrogen-bond donors (Lipinski definition) is 2. The van der Waals surface area contributed by atoms with Crippen molar-refractivity contribution in [3.8, 4) is 0 Å². The van der Waals surface area contributed by atoms with Crippen molar-refractivity contribution < 1.29 is 14.7 Å². The molecule has 0 heterocycles. The molecule has 1 aliphatic carbocycles. The zero-order valence-electron chi connectivity index (χ0n) is 11.1. The number of carboxylic acids is 1. The fourth-order valence-electron chi connectivity index (χ4n) is 2.21. The summed E-state index contributed by atoms with van der Waals surface area (Å²) in [6.45, 7) is 2.59. The third-order valence-electron chi connectivity index (χ3n) is 3.53. The van der Waals surface area contributed by atoms with Gasteiger partial charge in [0.25, 0.3) is 0 Å². The molecule has 5 heteroatoms. The molecule has 3 N–H and O–H groups in total. The third-order valence-corrected chi connectivity index (χ3v) is 3.53. The number of nitrogens with two attached hydrogens (primary N) is 1. The molecule has 0 spiro atoms. The molecule has 1 aliphatic rings. The smallest absolute Gasteiger partial charge is 0.323 e. The van der Waals surface area contributed by atoms with Crippen molar-refractivity contribution in [3.63, 3.8) is 0 Å². The molecular formula is C13H24N2O3. The minimum absolute atomic E-state index is 0.0182. The Balaban J connectivity index is 2.38. The monoisotopic (exact) mass is 256 g/mol. The van der Waals surface area contributed by atoms with Crippen LogP contribution in [0.5, 0.6) is 0 Å². The fourth-order valence-corrected chi connectivity index (χ4v) is 2.21. The summed E-state index contributed by atoms with van der Waals surface area (Å²) in [6, 6.07) is 0.170. The molecule has 18 heavy (non-hydrogen) atoms.